The van der Waals surface area contributed by atoms with Gasteiger partial charge in [0.15, 0.2) is 5.82 Å². The predicted molar refractivity (Wildman–Crippen MR) is 82.6 cm³/mol. The molecule has 3 heterocycles. The van der Waals surface area contributed by atoms with E-state index in [0.717, 1.165) is 26.0 Å². The molecule has 2 N–H and O–H groups in total. The number of rotatable bonds is 1. The van der Waals surface area contributed by atoms with Crippen LogP contribution in [0, 0.1) is 0 Å². The van der Waals surface area contributed by atoms with Gasteiger partial charge in [0.25, 0.3) is 0 Å². The number of nitrogens with two attached hydrogens (primary N) is 1. The van der Waals surface area contributed by atoms with E-state index in [1.54, 1.807) is 6.20 Å². The van der Waals surface area contributed by atoms with E-state index in [0.29, 0.717) is 11.6 Å². The molecule has 0 radical (unpaired) electrons. The molecule has 4 aromatic rings. The number of pyridine rings is 1. The SMILES string of the molecule is Nc1nc(-c2ccccc2)nc2c1sc1ncccc12. The quantitative estimate of drug-likeness (QED) is 0.579. The van der Waals surface area contributed by atoms with Crippen LogP contribution in [0.15, 0.2) is 48.7 Å². The molecule has 0 aliphatic rings. The van der Waals surface area contributed by atoms with Crippen molar-refractivity contribution in [2.75, 3.05) is 5.73 Å². The Kier molecular flexibility index (Phi) is 2.40. The van der Waals surface area contributed by atoms with E-state index in [-0.39, 0.29) is 0 Å². The number of hydrogen-bond donors (Lipinski definition) is 1. The first-order valence-electron chi connectivity index (χ1n) is 6.19. The molecule has 0 amide bonds. The maximum atomic E-state index is 6.09. The highest BCUT2D eigenvalue weighted by Gasteiger charge is 2.13. The lowest BCUT2D eigenvalue weighted by Crippen LogP contribution is -1.95. The Morgan fingerprint density at radius 1 is 0.950 bits per heavy atom. The molecule has 20 heavy (non-hydrogen) atoms. The zero-order valence-electron chi connectivity index (χ0n) is 10.4. The van der Waals surface area contributed by atoms with E-state index < -0.39 is 0 Å². The monoisotopic (exact) mass is 278 g/mol. The van der Waals surface area contributed by atoms with Gasteiger partial charge in [-0.15, -0.1) is 11.3 Å². The maximum Gasteiger partial charge on any atom is 0.162 e. The average molecular weight is 278 g/mol. The highest BCUT2D eigenvalue weighted by Crippen LogP contribution is 2.35. The Morgan fingerprint density at radius 3 is 2.65 bits per heavy atom. The molecular formula is C15H10N4S. The third kappa shape index (κ3) is 1.64. The van der Waals surface area contributed by atoms with Crippen molar-refractivity contribution < 1.29 is 0 Å². The number of benzene rings is 1. The molecular weight excluding hydrogens is 268 g/mol. The van der Waals surface area contributed by atoms with Crippen LogP contribution in [0.3, 0.4) is 0 Å². The number of fused-ring (bicyclic) bond motifs is 3. The van der Waals surface area contributed by atoms with E-state index >= 15 is 0 Å². The molecule has 5 heteroatoms. The van der Waals surface area contributed by atoms with Crippen molar-refractivity contribution in [2.45, 2.75) is 0 Å². The van der Waals surface area contributed by atoms with Gasteiger partial charge in [-0.25, -0.2) is 15.0 Å². The Hall–Kier alpha value is -2.53. The number of nitrogens with zero attached hydrogens (tertiary/aromatic N) is 3. The van der Waals surface area contributed by atoms with Gasteiger partial charge in [-0.2, -0.15) is 0 Å². The summed E-state index contributed by atoms with van der Waals surface area (Å²) in [7, 11) is 0. The van der Waals surface area contributed by atoms with Crippen LogP contribution >= 0.6 is 11.3 Å². The van der Waals surface area contributed by atoms with Crippen molar-refractivity contribution in [3.63, 3.8) is 0 Å². The molecule has 0 spiro atoms. The van der Waals surface area contributed by atoms with Crippen LogP contribution in [-0.2, 0) is 0 Å². The van der Waals surface area contributed by atoms with Crippen molar-refractivity contribution in [1.82, 2.24) is 15.0 Å². The van der Waals surface area contributed by atoms with E-state index in [9.17, 15) is 0 Å². The van der Waals surface area contributed by atoms with Gasteiger partial charge in [0.1, 0.15) is 10.6 Å². The lowest BCUT2D eigenvalue weighted by atomic mass is 10.2. The van der Waals surface area contributed by atoms with Crippen LogP contribution in [0.4, 0.5) is 5.82 Å². The zero-order chi connectivity index (χ0) is 13.5. The molecule has 0 bridgehead atoms. The molecule has 3 aromatic heterocycles. The second kappa shape index (κ2) is 4.25. The second-order valence-electron chi connectivity index (χ2n) is 4.43. The van der Waals surface area contributed by atoms with E-state index in [2.05, 4.69) is 15.0 Å². The number of hydrogen-bond acceptors (Lipinski definition) is 5. The molecule has 0 aliphatic heterocycles. The van der Waals surface area contributed by atoms with Crippen LogP contribution in [0.5, 0.6) is 0 Å². The second-order valence-corrected chi connectivity index (χ2v) is 5.43. The number of anilines is 1. The minimum absolute atomic E-state index is 0.511. The fraction of sp³-hybridized carbons (Fsp3) is 0. The summed E-state index contributed by atoms with van der Waals surface area (Å²) in [5.41, 5.74) is 7.93. The summed E-state index contributed by atoms with van der Waals surface area (Å²) < 4.78 is 0.901. The molecule has 0 aliphatic carbocycles. The van der Waals surface area contributed by atoms with Gasteiger partial charge < -0.3 is 5.73 Å². The standard InChI is InChI=1S/C15H10N4S/c16-13-12-11(10-7-4-8-17-15(10)20-12)18-14(19-13)9-5-2-1-3-6-9/h1-8H,(H2,16,18,19). The van der Waals surface area contributed by atoms with Crippen LogP contribution in [0.25, 0.3) is 31.8 Å². The molecule has 0 fully saturated rings. The third-order valence-corrected chi connectivity index (χ3v) is 4.27. The van der Waals surface area contributed by atoms with Gasteiger partial charge in [0, 0.05) is 17.1 Å². The summed E-state index contributed by atoms with van der Waals surface area (Å²) in [6.07, 6.45) is 1.78. The summed E-state index contributed by atoms with van der Waals surface area (Å²) in [4.78, 5) is 14.4. The first kappa shape index (κ1) is 11.3. The summed E-state index contributed by atoms with van der Waals surface area (Å²) in [5.74, 6) is 1.16. The van der Waals surface area contributed by atoms with Gasteiger partial charge in [-0.1, -0.05) is 30.3 Å². The highest BCUT2D eigenvalue weighted by molar-refractivity contribution is 7.25. The summed E-state index contributed by atoms with van der Waals surface area (Å²) >= 11 is 1.53. The Morgan fingerprint density at radius 2 is 1.80 bits per heavy atom. The lowest BCUT2D eigenvalue weighted by Gasteiger charge is -2.02. The van der Waals surface area contributed by atoms with Crippen molar-refractivity contribution in [3.05, 3.63) is 48.7 Å². The highest BCUT2D eigenvalue weighted by atomic mass is 32.1. The Balaban J connectivity index is 2.08. The third-order valence-electron chi connectivity index (χ3n) is 3.15. The fourth-order valence-corrected chi connectivity index (χ4v) is 3.20. The summed E-state index contributed by atoms with van der Waals surface area (Å²) in [6.45, 7) is 0. The zero-order valence-corrected chi connectivity index (χ0v) is 11.3. The van der Waals surface area contributed by atoms with Gasteiger partial charge >= 0.3 is 0 Å². The Labute approximate surface area is 118 Å². The first-order valence-corrected chi connectivity index (χ1v) is 7.01. The largest absolute Gasteiger partial charge is 0.382 e. The fourth-order valence-electron chi connectivity index (χ4n) is 2.22. The first-order chi connectivity index (χ1) is 9.83. The van der Waals surface area contributed by atoms with Crippen LogP contribution in [0.1, 0.15) is 0 Å². The van der Waals surface area contributed by atoms with Crippen LogP contribution in [0.2, 0.25) is 0 Å². The minimum atomic E-state index is 0.511. The van der Waals surface area contributed by atoms with E-state index in [4.69, 9.17) is 5.73 Å². The maximum absolute atomic E-state index is 6.09. The molecule has 96 valence electrons. The van der Waals surface area contributed by atoms with Crippen molar-refractivity contribution >= 4 is 37.6 Å². The smallest absolute Gasteiger partial charge is 0.162 e. The molecule has 0 saturated heterocycles. The van der Waals surface area contributed by atoms with Gasteiger partial charge in [0.2, 0.25) is 0 Å². The van der Waals surface area contributed by atoms with Gasteiger partial charge in [0.05, 0.1) is 10.2 Å². The number of aromatic nitrogens is 3. The van der Waals surface area contributed by atoms with Crippen molar-refractivity contribution in [3.8, 4) is 11.4 Å². The molecule has 4 rings (SSSR count). The summed E-state index contributed by atoms with van der Waals surface area (Å²) in [5, 5.41) is 1.03. The summed E-state index contributed by atoms with van der Waals surface area (Å²) in [6, 6.07) is 13.8. The van der Waals surface area contributed by atoms with Gasteiger partial charge in [-0.3, -0.25) is 0 Å². The van der Waals surface area contributed by atoms with Crippen LogP contribution in [-0.4, -0.2) is 15.0 Å². The van der Waals surface area contributed by atoms with E-state index in [1.807, 2.05) is 42.5 Å². The minimum Gasteiger partial charge on any atom is -0.382 e. The van der Waals surface area contributed by atoms with Crippen molar-refractivity contribution in [1.29, 1.82) is 0 Å². The van der Waals surface area contributed by atoms with Gasteiger partial charge in [-0.05, 0) is 12.1 Å². The van der Waals surface area contributed by atoms with Crippen LogP contribution < -0.4 is 5.73 Å². The molecule has 0 atom stereocenters. The number of nitrogen functional groups attached to an aromatic ring is 1. The molecule has 1 aromatic carbocycles. The normalized spacial score (nSPS) is 11.2. The average Bonchev–Trinajstić information content (AvgIpc) is 2.88. The lowest BCUT2D eigenvalue weighted by molar-refractivity contribution is 1.24. The topological polar surface area (TPSA) is 64.7 Å². The predicted octanol–water partition coefficient (Wildman–Crippen LogP) is 3.49. The van der Waals surface area contributed by atoms with Crippen molar-refractivity contribution in [2.24, 2.45) is 0 Å². The number of thiophene rings is 1. The molecule has 0 saturated carbocycles. The molecule has 4 nitrogen and oxygen atoms in total. The Bertz CT molecular complexity index is 915. The molecule has 0 unspecified atom stereocenters. The van der Waals surface area contributed by atoms with E-state index in [1.165, 1.54) is 11.3 Å².